The van der Waals surface area contributed by atoms with Gasteiger partial charge >= 0.3 is 0 Å². The molecule has 0 heterocycles. The van der Waals surface area contributed by atoms with Crippen LogP contribution in [-0.2, 0) is 11.3 Å². The van der Waals surface area contributed by atoms with E-state index in [1.807, 2.05) is 0 Å². The number of carbonyl (C=O) groups excluding carboxylic acids is 2. The molecular formula is C16H15FN2O2S. The van der Waals surface area contributed by atoms with Crippen LogP contribution in [0.15, 0.2) is 53.4 Å². The summed E-state index contributed by atoms with van der Waals surface area (Å²) in [6.07, 6.45) is 0. The van der Waals surface area contributed by atoms with Gasteiger partial charge in [-0.1, -0.05) is 30.3 Å². The van der Waals surface area contributed by atoms with Crippen LogP contribution in [-0.4, -0.2) is 17.6 Å². The fourth-order valence-electron chi connectivity index (χ4n) is 1.84. The first-order chi connectivity index (χ1) is 10.6. The Morgan fingerprint density at radius 1 is 1.09 bits per heavy atom. The molecule has 0 saturated heterocycles. The lowest BCUT2D eigenvalue weighted by Crippen LogP contribution is -2.24. The molecule has 2 rings (SSSR count). The largest absolute Gasteiger partial charge is 0.369 e. The molecule has 0 aliphatic rings. The molecule has 2 aromatic carbocycles. The van der Waals surface area contributed by atoms with E-state index in [1.54, 1.807) is 42.5 Å². The Kier molecular flexibility index (Phi) is 5.55. The van der Waals surface area contributed by atoms with Gasteiger partial charge in [0.1, 0.15) is 5.82 Å². The molecule has 0 atom stereocenters. The van der Waals surface area contributed by atoms with Gasteiger partial charge in [-0.2, -0.15) is 0 Å². The van der Waals surface area contributed by atoms with Crippen molar-refractivity contribution in [3.05, 3.63) is 65.5 Å². The molecule has 0 unspecified atom stereocenters. The molecule has 6 heteroatoms. The molecule has 22 heavy (non-hydrogen) atoms. The summed E-state index contributed by atoms with van der Waals surface area (Å²) in [6, 6.07) is 13.2. The average Bonchev–Trinajstić information content (AvgIpc) is 2.52. The van der Waals surface area contributed by atoms with Crippen LogP contribution in [0.25, 0.3) is 0 Å². The van der Waals surface area contributed by atoms with E-state index in [0.29, 0.717) is 16.0 Å². The smallest absolute Gasteiger partial charge is 0.252 e. The molecule has 0 radical (unpaired) electrons. The van der Waals surface area contributed by atoms with Crippen molar-refractivity contribution >= 4 is 23.6 Å². The number of amides is 2. The van der Waals surface area contributed by atoms with Crippen LogP contribution in [0.5, 0.6) is 0 Å². The first-order valence-corrected chi connectivity index (χ1v) is 7.58. The van der Waals surface area contributed by atoms with Crippen LogP contribution in [0.4, 0.5) is 4.39 Å². The Bertz CT molecular complexity index is 691. The number of hydrogen-bond acceptors (Lipinski definition) is 3. The molecule has 0 aliphatic carbocycles. The first kappa shape index (κ1) is 16.0. The van der Waals surface area contributed by atoms with Crippen LogP contribution in [0.2, 0.25) is 0 Å². The summed E-state index contributed by atoms with van der Waals surface area (Å²) >= 11 is 1.20. The maximum Gasteiger partial charge on any atom is 0.252 e. The Morgan fingerprint density at radius 3 is 2.50 bits per heavy atom. The molecule has 0 spiro atoms. The van der Waals surface area contributed by atoms with Crippen LogP contribution in [0.3, 0.4) is 0 Å². The van der Waals surface area contributed by atoms with Crippen molar-refractivity contribution in [2.75, 3.05) is 5.75 Å². The lowest BCUT2D eigenvalue weighted by atomic mass is 10.2. The highest BCUT2D eigenvalue weighted by Crippen LogP contribution is 2.22. The maximum absolute atomic E-state index is 13.5. The zero-order chi connectivity index (χ0) is 15.9. The van der Waals surface area contributed by atoms with Gasteiger partial charge in [0.05, 0.1) is 11.3 Å². The van der Waals surface area contributed by atoms with Crippen LogP contribution < -0.4 is 11.1 Å². The fourth-order valence-corrected chi connectivity index (χ4v) is 2.63. The summed E-state index contributed by atoms with van der Waals surface area (Å²) in [5.74, 6) is -1.04. The predicted molar refractivity (Wildman–Crippen MR) is 83.9 cm³/mol. The first-order valence-electron chi connectivity index (χ1n) is 6.59. The van der Waals surface area contributed by atoms with E-state index in [9.17, 15) is 14.0 Å². The second-order valence-corrected chi connectivity index (χ2v) is 5.54. The van der Waals surface area contributed by atoms with Gasteiger partial charge < -0.3 is 11.1 Å². The van der Waals surface area contributed by atoms with Crippen molar-refractivity contribution in [1.29, 1.82) is 0 Å². The number of benzene rings is 2. The SMILES string of the molecule is NC(=O)CSc1ccccc1C(=O)NCc1ccccc1F. The summed E-state index contributed by atoms with van der Waals surface area (Å²) < 4.78 is 13.5. The highest BCUT2D eigenvalue weighted by Gasteiger charge is 2.12. The Balaban J connectivity index is 2.06. The number of thioether (sulfide) groups is 1. The standard InChI is InChI=1S/C16H15FN2O2S/c17-13-7-3-1-5-11(13)9-19-16(21)12-6-2-4-8-14(12)22-10-15(18)20/h1-8H,9-10H2,(H2,18,20)(H,19,21). The quantitative estimate of drug-likeness (QED) is 0.803. The van der Waals surface area contributed by atoms with Crippen molar-refractivity contribution in [3.8, 4) is 0 Å². The topological polar surface area (TPSA) is 72.2 Å². The number of nitrogens with two attached hydrogens (primary N) is 1. The maximum atomic E-state index is 13.5. The normalized spacial score (nSPS) is 10.2. The average molecular weight is 318 g/mol. The second-order valence-electron chi connectivity index (χ2n) is 4.53. The zero-order valence-electron chi connectivity index (χ0n) is 11.7. The third-order valence-electron chi connectivity index (χ3n) is 2.90. The molecule has 0 saturated carbocycles. The van der Waals surface area contributed by atoms with Crippen molar-refractivity contribution in [2.24, 2.45) is 5.73 Å². The lowest BCUT2D eigenvalue weighted by molar-refractivity contribution is -0.115. The van der Waals surface area contributed by atoms with E-state index < -0.39 is 5.91 Å². The summed E-state index contributed by atoms with van der Waals surface area (Å²) in [4.78, 5) is 23.8. The summed E-state index contributed by atoms with van der Waals surface area (Å²) in [7, 11) is 0. The minimum Gasteiger partial charge on any atom is -0.369 e. The molecular weight excluding hydrogens is 303 g/mol. The summed E-state index contributed by atoms with van der Waals surface area (Å²) in [6.45, 7) is 0.0975. The monoisotopic (exact) mass is 318 g/mol. The van der Waals surface area contributed by atoms with Gasteiger partial charge in [-0.3, -0.25) is 9.59 Å². The van der Waals surface area contributed by atoms with Gasteiger partial charge in [-0.15, -0.1) is 11.8 Å². The van der Waals surface area contributed by atoms with Gasteiger partial charge in [-0.25, -0.2) is 4.39 Å². The highest BCUT2D eigenvalue weighted by molar-refractivity contribution is 8.00. The molecule has 0 fully saturated rings. The van der Waals surface area contributed by atoms with Gasteiger partial charge in [0.15, 0.2) is 0 Å². The van der Waals surface area contributed by atoms with Crippen molar-refractivity contribution in [3.63, 3.8) is 0 Å². The number of nitrogens with one attached hydrogen (secondary N) is 1. The molecule has 3 N–H and O–H groups in total. The predicted octanol–water partition coefficient (Wildman–Crippen LogP) is 2.33. The molecule has 2 aromatic rings. The summed E-state index contributed by atoms with van der Waals surface area (Å²) in [5, 5.41) is 2.68. The van der Waals surface area contributed by atoms with Gasteiger partial charge in [0, 0.05) is 17.0 Å². The van der Waals surface area contributed by atoms with E-state index >= 15 is 0 Å². The van der Waals surface area contributed by atoms with E-state index in [-0.39, 0.29) is 24.0 Å². The Hall–Kier alpha value is -2.34. The lowest BCUT2D eigenvalue weighted by Gasteiger charge is -2.10. The molecule has 114 valence electrons. The molecule has 2 amide bonds. The van der Waals surface area contributed by atoms with Crippen LogP contribution in [0.1, 0.15) is 15.9 Å². The number of carbonyl (C=O) groups is 2. The second kappa shape index (κ2) is 7.61. The third kappa shape index (κ3) is 4.33. The third-order valence-corrected chi connectivity index (χ3v) is 3.99. The van der Waals surface area contributed by atoms with E-state index in [0.717, 1.165) is 0 Å². The van der Waals surface area contributed by atoms with E-state index in [4.69, 9.17) is 5.73 Å². The minimum absolute atomic E-state index is 0.0948. The Morgan fingerprint density at radius 2 is 1.77 bits per heavy atom. The van der Waals surface area contributed by atoms with Crippen molar-refractivity contribution < 1.29 is 14.0 Å². The number of hydrogen-bond donors (Lipinski definition) is 2. The van der Waals surface area contributed by atoms with E-state index in [2.05, 4.69) is 5.32 Å². The van der Waals surface area contributed by atoms with Crippen molar-refractivity contribution in [2.45, 2.75) is 11.4 Å². The molecule has 0 aromatic heterocycles. The van der Waals surface area contributed by atoms with Crippen LogP contribution >= 0.6 is 11.8 Å². The number of primary amides is 1. The van der Waals surface area contributed by atoms with Crippen molar-refractivity contribution in [1.82, 2.24) is 5.32 Å². The fraction of sp³-hybridized carbons (Fsp3) is 0.125. The number of rotatable bonds is 6. The van der Waals surface area contributed by atoms with Gasteiger partial charge in [-0.05, 0) is 18.2 Å². The Labute approximate surface area is 131 Å². The zero-order valence-corrected chi connectivity index (χ0v) is 12.5. The van der Waals surface area contributed by atoms with Gasteiger partial charge in [0.25, 0.3) is 5.91 Å². The molecule has 4 nitrogen and oxygen atoms in total. The highest BCUT2D eigenvalue weighted by atomic mass is 32.2. The summed E-state index contributed by atoms with van der Waals surface area (Å²) in [5.41, 5.74) is 5.97. The van der Waals surface area contributed by atoms with E-state index in [1.165, 1.54) is 17.8 Å². The molecule has 0 aliphatic heterocycles. The minimum atomic E-state index is -0.452. The number of halogens is 1. The van der Waals surface area contributed by atoms with Gasteiger partial charge in [0.2, 0.25) is 5.91 Å². The van der Waals surface area contributed by atoms with Crippen LogP contribution in [0, 0.1) is 5.82 Å². The molecule has 0 bridgehead atoms.